The molecule has 3 heterocycles. The van der Waals surface area contributed by atoms with E-state index in [1.807, 2.05) is 0 Å². The van der Waals surface area contributed by atoms with E-state index < -0.39 is 41.6 Å². The molecule has 0 aromatic heterocycles. The van der Waals surface area contributed by atoms with Crippen molar-refractivity contribution in [1.82, 2.24) is 5.01 Å². The number of imide groups is 1. The summed E-state index contributed by atoms with van der Waals surface area (Å²) in [6.07, 6.45) is 4.96. The minimum Gasteiger partial charge on any atom is -0.497 e. The average molecular weight is 419 g/mol. The number of halogens is 1. The van der Waals surface area contributed by atoms with Gasteiger partial charge in [-0.05, 0) is 42.5 Å². The standard InChI is InChI=1S/C23H18FN3O4/c1-31-14-10-8-13(9-11-14)21(28)20-19-18(17-7-4-12-25-27(17)20)22(29)26(23(19)30)16-6-3-2-5-15(16)24/h2-12,17-20H,1H3/t17-,18-,19+,20+/m1/s1. The maximum Gasteiger partial charge on any atom is 0.240 e. The van der Waals surface area contributed by atoms with Gasteiger partial charge in [-0.15, -0.1) is 0 Å². The van der Waals surface area contributed by atoms with Crippen LogP contribution in [-0.4, -0.2) is 48.0 Å². The number of methoxy groups -OCH3 is 1. The number of hydrazone groups is 1. The van der Waals surface area contributed by atoms with Crippen LogP contribution in [0.1, 0.15) is 10.4 Å². The van der Waals surface area contributed by atoms with Crippen molar-refractivity contribution < 1.29 is 23.5 Å². The molecule has 2 fully saturated rings. The smallest absolute Gasteiger partial charge is 0.240 e. The number of fused-ring (bicyclic) bond motifs is 3. The highest BCUT2D eigenvalue weighted by molar-refractivity contribution is 6.24. The van der Waals surface area contributed by atoms with Crippen molar-refractivity contribution in [2.45, 2.75) is 12.1 Å². The number of ketones is 1. The number of Topliss-reactive ketones (excluding diaryl/α,β-unsaturated/α-hetero) is 1. The molecule has 156 valence electrons. The predicted molar refractivity (Wildman–Crippen MR) is 110 cm³/mol. The van der Waals surface area contributed by atoms with Gasteiger partial charge in [0.15, 0.2) is 5.78 Å². The van der Waals surface area contributed by atoms with E-state index in [4.69, 9.17) is 4.74 Å². The van der Waals surface area contributed by atoms with E-state index >= 15 is 0 Å². The Morgan fingerprint density at radius 3 is 2.45 bits per heavy atom. The molecule has 2 amide bonds. The third kappa shape index (κ3) is 2.78. The average Bonchev–Trinajstić information content (AvgIpc) is 3.27. The first kappa shape index (κ1) is 19.2. The first-order valence-electron chi connectivity index (χ1n) is 9.82. The van der Waals surface area contributed by atoms with Crippen LogP contribution in [0.3, 0.4) is 0 Å². The van der Waals surface area contributed by atoms with Crippen molar-refractivity contribution in [1.29, 1.82) is 0 Å². The van der Waals surface area contributed by atoms with E-state index in [9.17, 15) is 18.8 Å². The predicted octanol–water partition coefficient (Wildman–Crippen LogP) is 2.43. The molecule has 5 rings (SSSR count). The lowest BCUT2D eigenvalue weighted by Gasteiger charge is -2.30. The Balaban J connectivity index is 1.57. The van der Waals surface area contributed by atoms with E-state index in [-0.39, 0.29) is 11.5 Å². The van der Waals surface area contributed by atoms with E-state index in [1.165, 1.54) is 36.5 Å². The number of benzene rings is 2. The van der Waals surface area contributed by atoms with Gasteiger partial charge in [0, 0.05) is 11.8 Å². The zero-order valence-corrected chi connectivity index (χ0v) is 16.5. The highest BCUT2D eigenvalue weighted by atomic mass is 19.1. The summed E-state index contributed by atoms with van der Waals surface area (Å²) in [6.45, 7) is 0. The lowest BCUT2D eigenvalue weighted by Crippen LogP contribution is -2.46. The van der Waals surface area contributed by atoms with Gasteiger partial charge in [-0.3, -0.25) is 19.4 Å². The van der Waals surface area contributed by atoms with Crippen LogP contribution < -0.4 is 9.64 Å². The molecule has 0 unspecified atom stereocenters. The number of allylic oxidation sites excluding steroid dienone is 1. The lowest BCUT2D eigenvalue weighted by molar-refractivity contribution is -0.123. The highest BCUT2D eigenvalue weighted by Crippen LogP contribution is 2.46. The fourth-order valence-electron chi connectivity index (χ4n) is 4.63. The number of hydrogen-bond acceptors (Lipinski definition) is 6. The van der Waals surface area contributed by atoms with Crippen LogP contribution in [0.25, 0.3) is 0 Å². The number of carbonyl (C=O) groups is 3. The van der Waals surface area contributed by atoms with Gasteiger partial charge < -0.3 is 4.74 Å². The van der Waals surface area contributed by atoms with Crippen molar-refractivity contribution in [3.63, 3.8) is 0 Å². The Morgan fingerprint density at radius 2 is 1.74 bits per heavy atom. The molecule has 8 heteroatoms. The molecule has 31 heavy (non-hydrogen) atoms. The largest absolute Gasteiger partial charge is 0.497 e. The zero-order chi connectivity index (χ0) is 21.7. The van der Waals surface area contributed by atoms with E-state index in [1.54, 1.807) is 42.5 Å². The Labute approximate surface area is 177 Å². The van der Waals surface area contributed by atoms with E-state index in [2.05, 4.69) is 5.10 Å². The summed E-state index contributed by atoms with van der Waals surface area (Å²) in [7, 11) is 1.53. The topological polar surface area (TPSA) is 79.3 Å². The third-order valence-electron chi connectivity index (χ3n) is 6.03. The lowest BCUT2D eigenvalue weighted by atomic mass is 9.86. The Hall–Kier alpha value is -3.81. The Kier molecular flexibility index (Phi) is 4.43. The first-order valence-corrected chi connectivity index (χ1v) is 9.82. The minimum atomic E-state index is -0.974. The second-order valence-electron chi connectivity index (χ2n) is 7.57. The number of para-hydroxylation sites is 1. The summed E-state index contributed by atoms with van der Waals surface area (Å²) in [6, 6.07) is 10.6. The van der Waals surface area contributed by atoms with Crippen LogP contribution in [-0.2, 0) is 9.59 Å². The summed E-state index contributed by atoms with van der Waals surface area (Å²) >= 11 is 0. The van der Waals surface area contributed by atoms with Crippen molar-refractivity contribution >= 4 is 29.5 Å². The molecular formula is C23H18FN3O4. The van der Waals surface area contributed by atoms with Crippen LogP contribution in [0.4, 0.5) is 10.1 Å². The molecule has 2 saturated heterocycles. The molecule has 2 aromatic rings. The Bertz CT molecular complexity index is 1140. The van der Waals surface area contributed by atoms with Gasteiger partial charge in [0.05, 0.1) is 30.7 Å². The third-order valence-corrected chi connectivity index (χ3v) is 6.03. The van der Waals surface area contributed by atoms with Crippen molar-refractivity contribution in [2.75, 3.05) is 12.0 Å². The van der Waals surface area contributed by atoms with Gasteiger partial charge in [0.1, 0.15) is 17.6 Å². The Morgan fingerprint density at radius 1 is 1.03 bits per heavy atom. The summed E-state index contributed by atoms with van der Waals surface area (Å²) < 4.78 is 19.6. The van der Waals surface area contributed by atoms with Crippen LogP contribution in [0.5, 0.6) is 5.75 Å². The monoisotopic (exact) mass is 419 g/mol. The number of ether oxygens (including phenoxy) is 1. The van der Waals surface area contributed by atoms with Crippen LogP contribution in [0.15, 0.2) is 65.8 Å². The second-order valence-corrected chi connectivity index (χ2v) is 7.57. The van der Waals surface area contributed by atoms with Gasteiger partial charge in [0.25, 0.3) is 0 Å². The molecule has 0 saturated carbocycles. The number of carbonyl (C=O) groups excluding carboxylic acids is 3. The second kappa shape index (κ2) is 7.16. The fourth-order valence-corrected chi connectivity index (χ4v) is 4.63. The van der Waals surface area contributed by atoms with Crippen LogP contribution >= 0.6 is 0 Å². The van der Waals surface area contributed by atoms with Crippen molar-refractivity contribution in [2.24, 2.45) is 16.9 Å². The molecule has 0 radical (unpaired) electrons. The van der Waals surface area contributed by atoms with E-state index in [0.717, 1.165) is 4.90 Å². The minimum absolute atomic E-state index is 0.0996. The summed E-state index contributed by atoms with van der Waals surface area (Å²) in [5.74, 6) is -3.32. The van der Waals surface area contributed by atoms with E-state index in [0.29, 0.717) is 11.3 Å². The quantitative estimate of drug-likeness (QED) is 0.562. The summed E-state index contributed by atoms with van der Waals surface area (Å²) in [5.41, 5.74) is 0.275. The van der Waals surface area contributed by atoms with Crippen molar-refractivity contribution in [3.05, 3.63) is 72.1 Å². The van der Waals surface area contributed by atoms with Crippen molar-refractivity contribution in [3.8, 4) is 5.75 Å². The van der Waals surface area contributed by atoms with Crippen LogP contribution in [0.2, 0.25) is 0 Å². The van der Waals surface area contributed by atoms with Crippen LogP contribution in [0, 0.1) is 17.7 Å². The maximum absolute atomic E-state index is 14.4. The molecule has 0 N–H and O–H groups in total. The fraction of sp³-hybridized carbons (Fsp3) is 0.217. The summed E-state index contributed by atoms with van der Waals surface area (Å²) in [4.78, 5) is 41.0. The number of hydrogen-bond donors (Lipinski definition) is 0. The molecule has 0 aliphatic carbocycles. The van der Waals surface area contributed by atoms with Gasteiger partial charge in [-0.2, -0.15) is 5.10 Å². The molecule has 3 aliphatic rings. The number of rotatable bonds is 4. The van der Waals surface area contributed by atoms with Gasteiger partial charge >= 0.3 is 0 Å². The number of anilines is 1. The first-order chi connectivity index (χ1) is 15.0. The summed E-state index contributed by atoms with van der Waals surface area (Å²) in [5, 5.41) is 5.82. The molecule has 2 aromatic carbocycles. The molecule has 0 bridgehead atoms. The number of nitrogens with zero attached hydrogens (tertiary/aromatic N) is 3. The molecule has 3 aliphatic heterocycles. The number of amides is 2. The van der Waals surface area contributed by atoms with Gasteiger partial charge in [-0.1, -0.05) is 18.2 Å². The molecule has 0 spiro atoms. The molecule has 7 nitrogen and oxygen atoms in total. The molecule has 4 atom stereocenters. The SMILES string of the molecule is COc1ccc(C(=O)[C@@H]2[C@H]3C(=O)N(c4ccccc4F)C(=O)[C@@H]3[C@H]3C=CC=NN32)cc1. The van der Waals surface area contributed by atoms with Gasteiger partial charge in [-0.25, -0.2) is 9.29 Å². The highest BCUT2D eigenvalue weighted by Gasteiger charge is 2.64. The van der Waals surface area contributed by atoms with Gasteiger partial charge in [0.2, 0.25) is 11.8 Å². The maximum atomic E-state index is 14.4. The molecular weight excluding hydrogens is 401 g/mol. The zero-order valence-electron chi connectivity index (χ0n) is 16.5. The normalized spacial score (nSPS) is 26.3.